The molecule has 6 nitrogen and oxygen atoms in total. The molecule has 0 radical (unpaired) electrons. The maximum Gasteiger partial charge on any atom is 0.256 e. The molecule has 0 spiro atoms. The third-order valence-corrected chi connectivity index (χ3v) is 8.00. The fourth-order valence-corrected chi connectivity index (χ4v) is 6.04. The quantitative estimate of drug-likeness (QED) is 0.346. The van der Waals surface area contributed by atoms with Crippen molar-refractivity contribution < 1.29 is 14.3 Å². The average molecular weight is 504 g/mol. The summed E-state index contributed by atoms with van der Waals surface area (Å²) < 4.78 is 7.34. The molecule has 2 amide bonds. The predicted octanol–water partition coefficient (Wildman–Crippen LogP) is 5.62. The lowest BCUT2D eigenvalue weighted by Crippen LogP contribution is -2.41. The highest BCUT2D eigenvalue weighted by atomic mass is 32.2. The number of amides is 2. The molecule has 0 bridgehead atoms. The predicted molar refractivity (Wildman–Crippen MR) is 141 cm³/mol. The normalized spacial score (nSPS) is 13.7. The molecular weight excluding hydrogens is 478 g/mol. The summed E-state index contributed by atoms with van der Waals surface area (Å²) in [4.78, 5) is 32.6. The summed E-state index contributed by atoms with van der Waals surface area (Å²) in [5.74, 6) is 0.409. The first-order valence-electron chi connectivity index (χ1n) is 11.4. The first-order chi connectivity index (χ1) is 17.1. The molecule has 3 aromatic carbocycles. The zero-order valence-electron chi connectivity index (χ0n) is 19.3. The van der Waals surface area contributed by atoms with Gasteiger partial charge in [0.2, 0.25) is 0 Å². The molecule has 1 N–H and O–H groups in total. The largest absolute Gasteiger partial charge is 0.378 e. The zero-order chi connectivity index (χ0) is 24.2. The molecule has 1 aliphatic heterocycles. The SMILES string of the molecule is Cc1cccc(CSc2nc3ccc(NC(=O)c4ccccc4C(=O)N4CCOCC4)cc3s2)c1. The summed E-state index contributed by atoms with van der Waals surface area (Å²) in [6.07, 6.45) is 0. The van der Waals surface area contributed by atoms with E-state index < -0.39 is 0 Å². The van der Waals surface area contributed by atoms with E-state index in [4.69, 9.17) is 9.72 Å². The highest BCUT2D eigenvalue weighted by molar-refractivity contribution is 8.00. The van der Waals surface area contributed by atoms with E-state index in [0.717, 1.165) is 20.3 Å². The lowest BCUT2D eigenvalue weighted by molar-refractivity contribution is 0.0302. The van der Waals surface area contributed by atoms with Gasteiger partial charge in [-0.1, -0.05) is 53.7 Å². The van der Waals surface area contributed by atoms with Crippen LogP contribution in [0.25, 0.3) is 10.2 Å². The smallest absolute Gasteiger partial charge is 0.256 e. The van der Waals surface area contributed by atoms with Crippen molar-refractivity contribution in [3.05, 3.63) is 89.0 Å². The van der Waals surface area contributed by atoms with Crippen LogP contribution in [-0.2, 0) is 10.5 Å². The van der Waals surface area contributed by atoms with Gasteiger partial charge in [-0.15, -0.1) is 11.3 Å². The summed E-state index contributed by atoms with van der Waals surface area (Å²) in [6, 6.07) is 21.1. The topological polar surface area (TPSA) is 71.5 Å². The average Bonchev–Trinajstić information content (AvgIpc) is 3.30. The Bertz CT molecular complexity index is 1380. The monoisotopic (exact) mass is 503 g/mol. The highest BCUT2D eigenvalue weighted by Gasteiger charge is 2.23. The summed E-state index contributed by atoms with van der Waals surface area (Å²) in [7, 11) is 0. The van der Waals surface area contributed by atoms with Gasteiger partial charge in [-0.2, -0.15) is 0 Å². The second-order valence-electron chi connectivity index (χ2n) is 8.34. The van der Waals surface area contributed by atoms with Gasteiger partial charge in [-0.25, -0.2) is 4.98 Å². The van der Waals surface area contributed by atoms with Crippen LogP contribution in [0, 0.1) is 6.92 Å². The maximum atomic E-state index is 13.1. The Morgan fingerprint density at radius 1 is 1.03 bits per heavy atom. The molecule has 0 aliphatic carbocycles. The van der Waals surface area contributed by atoms with Crippen molar-refractivity contribution in [2.24, 2.45) is 0 Å². The summed E-state index contributed by atoms with van der Waals surface area (Å²) in [5.41, 5.74) is 4.87. The van der Waals surface area contributed by atoms with Gasteiger partial charge in [-0.3, -0.25) is 9.59 Å². The van der Waals surface area contributed by atoms with Crippen LogP contribution in [0.1, 0.15) is 31.8 Å². The summed E-state index contributed by atoms with van der Waals surface area (Å²) >= 11 is 3.32. The maximum absolute atomic E-state index is 13.1. The second kappa shape index (κ2) is 10.6. The minimum Gasteiger partial charge on any atom is -0.378 e. The van der Waals surface area contributed by atoms with Gasteiger partial charge >= 0.3 is 0 Å². The number of aryl methyl sites for hydroxylation is 1. The van der Waals surface area contributed by atoms with Crippen molar-refractivity contribution in [1.82, 2.24) is 9.88 Å². The lowest BCUT2D eigenvalue weighted by Gasteiger charge is -2.27. The number of nitrogens with one attached hydrogen (secondary N) is 1. The molecule has 1 fully saturated rings. The van der Waals surface area contributed by atoms with E-state index in [0.29, 0.717) is 43.1 Å². The molecule has 1 aliphatic rings. The van der Waals surface area contributed by atoms with Gasteiger partial charge in [0.05, 0.1) is 34.6 Å². The highest BCUT2D eigenvalue weighted by Crippen LogP contribution is 2.33. The number of carbonyl (C=O) groups excluding carboxylic acids is 2. The van der Waals surface area contributed by atoms with Gasteiger partial charge in [0.1, 0.15) is 0 Å². The van der Waals surface area contributed by atoms with Gasteiger partial charge < -0.3 is 15.0 Å². The number of hydrogen-bond acceptors (Lipinski definition) is 6. The number of thioether (sulfide) groups is 1. The first-order valence-corrected chi connectivity index (χ1v) is 13.2. The number of aromatic nitrogens is 1. The van der Waals surface area contributed by atoms with E-state index in [1.165, 1.54) is 11.1 Å². The molecule has 0 unspecified atom stereocenters. The van der Waals surface area contributed by atoms with Crippen LogP contribution < -0.4 is 5.32 Å². The van der Waals surface area contributed by atoms with Crippen molar-refractivity contribution in [3.63, 3.8) is 0 Å². The second-order valence-corrected chi connectivity index (χ2v) is 10.6. The van der Waals surface area contributed by atoms with Crippen molar-refractivity contribution in [2.75, 3.05) is 31.6 Å². The molecule has 2 heterocycles. The molecule has 1 aromatic heterocycles. The number of nitrogens with zero attached hydrogens (tertiary/aromatic N) is 2. The Morgan fingerprint density at radius 2 is 1.83 bits per heavy atom. The number of thiazole rings is 1. The summed E-state index contributed by atoms with van der Waals surface area (Å²) in [6.45, 7) is 4.18. The van der Waals surface area contributed by atoms with Crippen LogP contribution in [0.15, 0.2) is 71.1 Å². The molecular formula is C27H25N3O3S2. The van der Waals surface area contributed by atoms with Crippen LogP contribution in [0.2, 0.25) is 0 Å². The van der Waals surface area contributed by atoms with Crippen LogP contribution in [0.3, 0.4) is 0 Å². The fourth-order valence-electron chi connectivity index (χ4n) is 3.99. The molecule has 4 aromatic rings. The van der Waals surface area contributed by atoms with E-state index in [9.17, 15) is 9.59 Å². The Morgan fingerprint density at radius 3 is 2.63 bits per heavy atom. The number of ether oxygens (including phenoxy) is 1. The molecule has 0 atom stereocenters. The van der Waals surface area contributed by atoms with Crippen molar-refractivity contribution in [1.29, 1.82) is 0 Å². The third kappa shape index (κ3) is 5.56. The lowest BCUT2D eigenvalue weighted by atomic mass is 10.0. The molecule has 5 rings (SSSR count). The molecule has 0 saturated carbocycles. The van der Waals surface area contributed by atoms with Crippen molar-refractivity contribution in [2.45, 2.75) is 17.0 Å². The van der Waals surface area contributed by atoms with E-state index in [2.05, 4.69) is 36.5 Å². The van der Waals surface area contributed by atoms with E-state index in [-0.39, 0.29) is 11.8 Å². The zero-order valence-corrected chi connectivity index (χ0v) is 21.0. The number of fused-ring (bicyclic) bond motifs is 1. The van der Waals surface area contributed by atoms with Gasteiger partial charge in [0.15, 0.2) is 4.34 Å². The number of anilines is 1. The van der Waals surface area contributed by atoms with Crippen LogP contribution in [-0.4, -0.2) is 48.0 Å². The molecule has 178 valence electrons. The third-order valence-electron chi connectivity index (χ3n) is 5.77. The Kier molecular flexibility index (Phi) is 7.13. The van der Waals surface area contributed by atoms with Crippen LogP contribution >= 0.6 is 23.1 Å². The number of hydrogen-bond donors (Lipinski definition) is 1. The number of rotatable bonds is 6. The minimum absolute atomic E-state index is 0.146. The molecule has 1 saturated heterocycles. The van der Waals surface area contributed by atoms with E-state index >= 15 is 0 Å². The number of carbonyl (C=O) groups is 2. The van der Waals surface area contributed by atoms with Crippen molar-refractivity contribution >= 4 is 50.8 Å². The molecule has 8 heteroatoms. The first kappa shape index (κ1) is 23.5. The number of benzene rings is 3. The van der Waals surface area contributed by atoms with Crippen LogP contribution in [0.5, 0.6) is 0 Å². The van der Waals surface area contributed by atoms with Crippen LogP contribution in [0.4, 0.5) is 5.69 Å². The standard InChI is InChI=1S/C27H25N3O3S2/c1-18-5-4-6-19(15-18)17-34-27-29-23-10-9-20(16-24(23)35-27)28-25(31)21-7-2-3-8-22(21)26(32)30-11-13-33-14-12-30/h2-10,15-16H,11-14,17H2,1H3,(H,28,31). The van der Waals surface area contributed by atoms with Gasteiger partial charge in [0, 0.05) is 24.5 Å². The Labute approximate surface area is 212 Å². The minimum atomic E-state index is -0.305. The van der Waals surface area contributed by atoms with Crippen molar-refractivity contribution in [3.8, 4) is 0 Å². The Balaban J connectivity index is 1.30. The van der Waals surface area contributed by atoms with Gasteiger partial charge in [-0.05, 0) is 42.8 Å². The summed E-state index contributed by atoms with van der Waals surface area (Å²) in [5, 5.41) is 2.96. The Hall–Kier alpha value is -3.20. The van der Waals surface area contributed by atoms with Gasteiger partial charge in [0.25, 0.3) is 11.8 Å². The van der Waals surface area contributed by atoms with E-state index in [1.54, 1.807) is 52.3 Å². The molecule has 35 heavy (non-hydrogen) atoms. The fraction of sp³-hybridized carbons (Fsp3) is 0.222. The number of morpholine rings is 1. The van der Waals surface area contributed by atoms with E-state index in [1.807, 2.05) is 18.2 Å².